The standard InChI is InChI=1S/C24H29N5O/c1-3-7-22-26-24(30-27-22)21-8-5-13-25-23(21)29-15-6-14-28(16-17-29)18-20-11-9-19(4-2)10-12-20/h4-5,8-13H,2-3,6-7,14-18H2,1H3. The number of rotatable bonds is 7. The third-order valence-corrected chi connectivity index (χ3v) is 5.47. The fourth-order valence-electron chi connectivity index (χ4n) is 3.86. The van der Waals surface area contributed by atoms with Gasteiger partial charge >= 0.3 is 0 Å². The van der Waals surface area contributed by atoms with E-state index < -0.39 is 0 Å². The fraction of sp³-hybridized carbons (Fsp3) is 0.375. The molecule has 156 valence electrons. The molecule has 3 heterocycles. The van der Waals surface area contributed by atoms with Crippen LogP contribution in [0, 0.1) is 0 Å². The second kappa shape index (κ2) is 9.67. The van der Waals surface area contributed by atoms with E-state index in [-0.39, 0.29) is 0 Å². The second-order valence-electron chi connectivity index (χ2n) is 7.70. The van der Waals surface area contributed by atoms with Gasteiger partial charge in [-0.3, -0.25) is 4.90 Å². The van der Waals surface area contributed by atoms with Gasteiger partial charge in [-0.15, -0.1) is 0 Å². The smallest absolute Gasteiger partial charge is 0.261 e. The number of anilines is 1. The summed E-state index contributed by atoms with van der Waals surface area (Å²) in [5, 5.41) is 4.11. The van der Waals surface area contributed by atoms with Crippen molar-refractivity contribution in [1.29, 1.82) is 0 Å². The molecule has 0 radical (unpaired) electrons. The first-order valence-electron chi connectivity index (χ1n) is 10.7. The predicted molar refractivity (Wildman–Crippen MR) is 120 cm³/mol. The summed E-state index contributed by atoms with van der Waals surface area (Å²) in [6.07, 6.45) is 6.63. The molecule has 1 fully saturated rings. The molecule has 4 rings (SSSR count). The van der Waals surface area contributed by atoms with Gasteiger partial charge in [-0.05, 0) is 36.1 Å². The van der Waals surface area contributed by atoms with Gasteiger partial charge in [0.1, 0.15) is 5.82 Å². The van der Waals surface area contributed by atoms with Crippen molar-refractivity contribution in [3.8, 4) is 11.5 Å². The Bertz CT molecular complexity index is 966. The highest BCUT2D eigenvalue weighted by Gasteiger charge is 2.21. The molecule has 0 N–H and O–H groups in total. The van der Waals surface area contributed by atoms with Crippen LogP contribution >= 0.6 is 0 Å². The van der Waals surface area contributed by atoms with Crippen LogP contribution < -0.4 is 4.90 Å². The fourth-order valence-corrected chi connectivity index (χ4v) is 3.86. The van der Waals surface area contributed by atoms with E-state index in [0.29, 0.717) is 5.89 Å². The number of pyridine rings is 1. The zero-order chi connectivity index (χ0) is 20.8. The zero-order valence-corrected chi connectivity index (χ0v) is 17.6. The van der Waals surface area contributed by atoms with Crippen molar-refractivity contribution in [3.05, 3.63) is 66.1 Å². The number of nitrogens with zero attached hydrogens (tertiary/aromatic N) is 5. The van der Waals surface area contributed by atoms with Gasteiger partial charge in [-0.2, -0.15) is 4.98 Å². The van der Waals surface area contributed by atoms with Crippen molar-refractivity contribution in [3.63, 3.8) is 0 Å². The third-order valence-electron chi connectivity index (χ3n) is 5.47. The second-order valence-corrected chi connectivity index (χ2v) is 7.70. The van der Waals surface area contributed by atoms with E-state index in [0.717, 1.165) is 74.8 Å². The van der Waals surface area contributed by atoms with Crippen LogP contribution in [0.1, 0.15) is 36.7 Å². The first kappa shape index (κ1) is 20.3. The minimum Gasteiger partial charge on any atom is -0.355 e. The Balaban J connectivity index is 1.46. The first-order chi connectivity index (χ1) is 14.8. The summed E-state index contributed by atoms with van der Waals surface area (Å²) < 4.78 is 5.54. The highest BCUT2D eigenvalue weighted by Crippen LogP contribution is 2.28. The van der Waals surface area contributed by atoms with Crippen molar-refractivity contribution in [2.24, 2.45) is 0 Å². The Morgan fingerprint density at radius 1 is 1.10 bits per heavy atom. The molecule has 6 heteroatoms. The summed E-state index contributed by atoms with van der Waals surface area (Å²) >= 11 is 0. The van der Waals surface area contributed by atoms with E-state index in [9.17, 15) is 0 Å². The number of benzene rings is 1. The zero-order valence-electron chi connectivity index (χ0n) is 17.6. The van der Waals surface area contributed by atoms with Gasteiger partial charge < -0.3 is 9.42 Å². The quantitative estimate of drug-likeness (QED) is 0.581. The first-order valence-corrected chi connectivity index (χ1v) is 10.7. The topological polar surface area (TPSA) is 58.3 Å². The van der Waals surface area contributed by atoms with Crippen LogP contribution in [-0.4, -0.2) is 46.2 Å². The lowest BCUT2D eigenvalue weighted by Gasteiger charge is -2.24. The molecule has 0 atom stereocenters. The maximum absolute atomic E-state index is 5.54. The predicted octanol–water partition coefficient (Wildman–Crippen LogP) is 4.44. The average molecular weight is 404 g/mol. The van der Waals surface area contributed by atoms with Gasteiger partial charge in [0.15, 0.2) is 5.82 Å². The van der Waals surface area contributed by atoms with E-state index in [1.165, 1.54) is 5.56 Å². The number of aromatic nitrogens is 3. The monoisotopic (exact) mass is 403 g/mol. The van der Waals surface area contributed by atoms with Gasteiger partial charge in [0.05, 0.1) is 5.56 Å². The van der Waals surface area contributed by atoms with E-state index in [2.05, 4.69) is 62.7 Å². The number of hydrogen-bond donors (Lipinski definition) is 0. The van der Waals surface area contributed by atoms with Crippen LogP contribution in [0.15, 0.2) is 53.7 Å². The lowest BCUT2D eigenvalue weighted by Crippen LogP contribution is -2.31. The van der Waals surface area contributed by atoms with E-state index in [4.69, 9.17) is 4.52 Å². The molecule has 2 aromatic heterocycles. The molecule has 0 unspecified atom stereocenters. The average Bonchev–Trinajstić information content (AvgIpc) is 3.13. The lowest BCUT2D eigenvalue weighted by molar-refractivity contribution is 0.285. The van der Waals surface area contributed by atoms with Crippen LogP contribution in [0.5, 0.6) is 0 Å². The maximum Gasteiger partial charge on any atom is 0.261 e. The maximum atomic E-state index is 5.54. The van der Waals surface area contributed by atoms with Crippen molar-refractivity contribution >= 4 is 11.9 Å². The van der Waals surface area contributed by atoms with Gasteiger partial charge in [0.25, 0.3) is 5.89 Å². The molecule has 0 aliphatic carbocycles. The molecular formula is C24H29N5O. The third kappa shape index (κ3) is 4.76. The Morgan fingerprint density at radius 2 is 1.97 bits per heavy atom. The Morgan fingerprint density at radius 3 is 2.77 bits per heavy atom. The van der Waals surface area contributed by atoms with Crippen molar-refractivity contribution < 1.29 is 4.52 Å². The van der Waals surface area contributed by atoms with Crippen molar-refractivity contribution in [1.82, 2.24) is 20.0 Å². The highest BCUT2D eigenvalue weighted by atomic mass is 16.5. The Hall–Kier alpha value is -2.99. The molecule has 3 aromatic rings. The molecule has 0 amide bonds. The molecule has 1 aliphatic heterocycles. The van der Waals surface area contributed by atoms with Gasteiger partial charge in [-0.25, -0.2) is 4.98 Å². The molecule has 30 heavy (non-hydrogen) atoms. The summed E-state index contributed by atoms with van der Waals surface area (Å²) in [6.45, 7) is 10.9. The SMILES string of the molecule is C=Cc1ccc(CN2CCCN(c3ncccc3-c3nc(CCC)no3)CC2)cc1. The normalized spacial score (nSPS) is 15.2. The minimum absolute atomic E-state index is 0.560. The summed E-state index contributed by atoms with van der Waals surface area (Å²) in [7, 11) is 0. The van der Waals surface area contributed by atoms with Crippen LogP contribution in [0.4, 0.5) is 5.82 Å². The van der Waals surface area contributed by atoms with Gasteiger partial charge in [0.2, 0.25) is 0 Å². The summed E-state index contributed by atoms with van der Waals surface area (Å²) in [5.74, 6) is 2.25. The van der Waals surface area contributed by atoms with Crippen molar-refractivity contribution in [2.75, 3.05) is 31.1 Å². The summed E-state index contributed by atoms with van der Waals surface area (Å²) in [5.41, 5.74) is 3.41. The van der Waals surface area contributed by atoms with E-state index in [1.54, 1.807) is 0 Å². The van der Waals surface area contributed by atoms with E-state index >= 15 is 0 Å². The highest BCUT2D eigenvalue weighted by molar-refractivity contribution is 5.69. The summed E-state index contributed by atoms with van der Waals surface area (Å²) in [6, 6.07) is 12.6. The largest absolute Gasteiger partial charge is 0.355 e. The van der Waals surface area contributed by atoms with E-state index in [1.807, 2.05) is 24.4 Å². The molecule has 0 saturated carbocycles. The van der Waals surface area contributed by atoms with Gasteiger partial charge in [0, 0.05) is 45.3 Å². The summed E-state index contributed by atoms with van der Waals surface area (Å²) in [4.78, 5) is 14.1. The molecule has 6 nitrogen and oxygen atoms in total. The molecule has 1 aliphatic rings. The molecule has 0 bridgehead atoms. The van der Waals surface area contributed by atoms with Crippen LogP contribution in [0.25, 0.3) is 17.5 Å². The molecule has 1 aromatic carbocycles. The lowest BCUT2D eigenvalue weighted by atomic mass is 10.1. The van der Waals surface area contributed by atoms with Crippen molar-refractivity contribution in [2.45, 2.75) is 32.7 Å². The molecular weight excluding hydrogens is 374 g/mol. The van der Waals surface area contributed by atoms with Gasteiger partial charge in [-0.1, -0.05) is 49.0 Å². The Kier molecular flexibility index (Phi) is 6.54. The minimum atomic E-state index is 0.560. The Labute approximate surface area is 178 Å². The number of aryl methyl sites for hydroxylation is 1. The molecule has 0 spiro atoms. The van der Waals surface area contributed by atoms with Crippen LogP contribution in [-0.2, 0) is 13.0 Å². The number of hydrogen-bond acceptors (Lipinski definition) is 6. The van der Waals surface area contributed by atoms with Crippen LogP contribution in [0.3, 0.4) is 0 Å². The molecule has 1 saturated heterocycles. The van der Waals surface area contributed by atoms with Crippen LogP contribution in [0.2, 0.25) is 0 Å².